The topological polar surface area (TPSA) is 70.6 Å². The van der Waals surface area contributed by atoms with Gasteiger partial charge in [0.15, 0.2) is 0 Å². The van der Waals surface area contributed by atoms with Crippen LogP contribution in [0, 0.1) is 5.92 Å². The van der Waals surface area contributed by atoms with Crippen molar-refractivity contribution < 1.29 is 22.7 Å². The second-order valence-electron chi connectivity index (χ2n) is 7.65. The Morgan fingerprint density at radius 3 is 2.55 bits per heavy atom. The van der Waals surface area contributed by atoms with Crippen LogP contribution in [0.2, 0.25) is 0 Å². The summed E-state index contributed by atoms with van der Waals surface area (Å²) in [5, 5.41) is 2.52. The number of benzene rings is 1. The minimum atomic E-state index is -4.58. The molecule has 1 amide bonds. The summed E-state index contributed by atoms with van der Waals surface area (Å²) in [7, 11) is 0. The van der Waals surface area contributed by atoms with Crippen LogP contribution in [0.3, 0.4) is 0 Å². The molecular weight excluding hydrogens is 411 g/mol. The van der Waals surface area contributed by atoms with E-state index in [0.29, 0.717) is 57.4 Å². The maximum absolute atomic E-state index is 13.8. The molecule has 0 radical (unpaired) electrons. The molecule has 0 saturated carbocycles. The molecule has 1 unspecified atom stereocenters. The van der Waals surface area contributed by atoms with Gasteiger partial charge in [0.2, 0.25) is 11.9 Å². The molecular formula is C21H24F3N5O2. The normalized spacial score (nSPS) is 19.9. The summed E-state index contributed by atoms with van der Waals surface area (Å²) in [6, 6.07) is 5.76. The van der Waals surface area contributed by atoms with Gasteiger partial charge < -0.3 is 19.9 Å². The zero-order valence-electron chi connectivity index (χ0n) is 16.9. The first-order valence-electron chi connectivity index (χ1n) is 10.3. The minimum absolute atomic E-state index is 0.220. The first-order chi connectivity index (χ1) is 14.9. The Morgan fingerprint density at radius 2 is 1.84 bits per heavy atom. The molecule has 1 aromatic carbocycles. The van der Waals surface area contributed by atoms with Gasteiger partial charge in [0.05, 0.1) is 30.4 Å². The Labute approximate surface area is 178 Å². The lowest BCUT2D eigenvalue weighted by molar-refractivity contribution is -0.137. The van der Waals surface area contributed by atoms with Gasteiger partial charge in [0.25, 0.3) is 0 Å². The fourth-order valence-corrected chi connectivity index (χ4v) is 3.96. The third-order valence-electron chi connectivity index (χ3n) is 5.57. The summed E-state index contributed by atoms with van der Waals surface area (Å²) in [5.74, 6) is -0.353. The fourth-order valence-electron chi connectivity index (χ4n) is 3.96. The number of hydrogen-bond donors (Lipinski definition) is 1. The molecule has 2 fully saturated rings. The summed E-state index contributed by atoms with van der Waals surface area (Å²) in [5.41, 5.74) is -0.592. The molecule has 1 aromatic heterocycles. The van der Waals surface area contributed by atoms with E-state index in [-0.39, 0.29) is 5.69 Å². The van der Waals surface area contributed by atoms with Crippen molar-refractivity contribution in [2.24, 2.45) is 5.92 Å². The number of piperidine rings is 1. The standard InChI is InChI=1S/C21H24F3N5O2/c22-21(23,24)17-13-16(28-9-11-31-12-10-28)4-5-18(17)27-19(30)15-3-1-8-29(14-15)20-25-6-2-7-26-20/h2,4-7,13,15H,1,3,8-12,14H2,(H,27,30). The van der Waals surface area contributed by atoms with E-state index >= 15 is 0 Å². The molecule has 7 nitrogen and oxygen atoms in total. The number of morpholine rings is 1. The van der Waals surface area contributed by atoms with Crippen LogP contribution >= 0.6 is 0 Å². The predicted octanol–water partition coefficient (Wildman–Crippen LogP) is 3.19. The molecule has 1 atom stereocenters. The third kappa shape index (κ3) is 5.07. The Balaban J connectivity index is 1.50. The predicted molar refractivity (Wildman–Crippen MR) is 110 cm³/mol. The number of anilines is 3. The second kappa shape index (κ2) is 9.09. The first-order valence-corrected chi connectivity index (χ1v) is 10.3. The van der Waals surface area contributed by atoms with E-state index in [1.165, 1.54) is 6.07 Å². The second-order valence-corrected chi connectivity index (χ2v) is 7.65. The molecule has 0 bridgehead atoms. The number of rotatable bonds is 4. The zero-order valence-corrected chi connectivity index (χ0v) is 16.9. The number of nitrogens with one attached hydrogen (secondary N) is 1. The van der Waals surface area contributed by atoms with Gasteiger partial charge in [-0.05, 0) is 37.1 Å². The Hall–Kier alpha value is -2.88. The molecule has 1 N–H and O–H groups in total. The average molecular weight is 435 g/mol. The van der Waals surface area contributed by atoms with E-state index in [4.69, 9.17) is 4.74 Å². The highest BCUT2D eigenvalue weighted by molar-refractivity contribution is 5.94. The highest BCUT2D eigenvalue weighted by atomic mass is 19.4. The van der Waals surface area contributed by atoms with Gasteiger partial charge in [0, 0.05) is 44.3 Å². The van der Waals surface area contributed by atoms with Gasteiger partial charge in [0.1, 0.15) is 0 Å². The quantitative estimate of drug-likeness (QED) is 0.796. The lowest BCUT2D eigenvalue weighted by atomic mass is 9.97. The van der Waals surface area contributed by atoms with Crippen molar-refractivity contribution in [1.82, 2.24) is 9.97 Å². The van der Waals surface area contributed by atoms with Gasteiger partial charge in [-0.25, -0.2) is 9.97 Å². The summed E-state index contributed by atoms with van der Waals surface area (Å²) in [6.45, 7) is 3.08. The molecule has 2 aliphatic heterocycles. The number of carbonyl (C=O) groups excluding carboxylic acids is 1. The highest BCUT2D eigenvalue weighted by Crippen LogP contribution is 2.38. The van der Waals surface area contributed by atoms with E-state index in [2.05, 4.69) is 15.3 Å². The molecule has 31 heavy (non-hydrogen) atoms. The largest absolute Gasteiger partial charge is 0.418 e. The van der Waals surface area contributed by atoms with E-state index in [0.717, 1.165) is 12.5 Å². The number of nitrogens with zero attached hydrogens (tertiary/aromatic N) is 4. The van der Waals surface area contributed by atoms with E-state index in [1.807, 2.05) is 9.80 Å². The molecule has 3 heterocycles. The lowest BCUT2D eigenvalue weighted by Gasteiger charge is -2.32. The van der Waals surface area contributed by atoms with Crippen molar-refractivity contribution in [2.75, 3.05) is 54.5 Å². The molecule has 2 aromatic rings. The molecule has 2 aliphatic rings. The van der Waals surface area contributed by atoms with Crippen molar-refractivity contribution in [1.29, 1.82) is 0 Å². The molecule has 10 heteroatoms. The smallest absolute Gasteiger partial charge is 0.378 e. The molecule has 2 saturated heterocycles. The van der Waals surface area contributed by atoms with Crippen LogP contribution in [-0.4, -0.2) is 55.3 Å². The summed E-state index contributed by atoms with van der Waals surface area (Å²) in [6.07, 6.45) is -0.00249. The maximum Gasteiger partial charge on any atom is 0.418 e. The van der Waals surface area contributed by atoms with Gasteiger partial charge >= 0.3 is 6.18 Å². The lowest BCUT2D eigenvalue weighted by Crippen LogP contribution is -2.41. The average Bonchev–Trinajstić information content (AvgIpc) is 2.80. The van der Waals surface area contributed by atoms with Crippen molar-refractivity contribution >= 4 is 23.2 Å². The van der Waals surface area contributed by atoms with Gasteiger partial charge in [-0.3, -0.25) is 4.79 Å². The number of hydrogen-bond acceptors (Lipinski definition) is 6. The number of halogens is 3. The van der Waals surface area contributed by atoms with Crippen molar-refractivity contribution in [3.63, 3.8) is 0 Å². The van der Waals surface area contributed by atoms with Crippen LogP contribution in [0.1, 0.15) is 18.4 Å². The van der Waals surface area contributed by atoms with Crippen LogP contribution in [0.5, 0.6) is 0 Å². The Bertz CT molecular complexity index is 904. The number of amides is 1. The number of alkyl halides is 3. The minimum Gasteiger partial charge on any atom is -0.378 e. The molecule has 0 spiro atoms. The van der Waals surface area contributed by atoms with Crippen LogP contribution in [0.15, 0.2) is 36.7 Å². The van der Waals surface area contributed by atoms with Gasteiger partial charge in [-0.1, -0.05) is 0 Å². The SMILES string of the molecule is O=C(Nc1ccc(N2CCOCC2)cc1C(F)(F)F)C1CCCN(c2ncccn2)C1. The zero-order chi connectivity index (χ0) is 21.8. The maximum atomic E-state index is 13.8. The van der Waals surface area contributed by atoms with Gasteiger partial charge in [-0.15, -0.1) is 0 Å². The fraction of sp³-hybridized carbons (Fsp3) is 0.476. The van der Waals surface area contributed by atoms with Crippen LogP contribution in [0.25, 0.3) is 0 Å². The summed E-state index contributed by atoms with van der Waals surface area (Å²) in [4.78, 5) is 25.0. The summed E-state index contributed by atoms with van der Waals surface area (Å²) >= 11 is 0. The Morgan fingerprint density at radius 1 is 1.10 bits per heavy atom. The van der Waals surface area contributed by atoms with Crippen LogP contribution < -0.4 is 15.1 Å². The molecule has 4 rings (SSSR count). The highest BCUT2D eigenvalue weighted by Gasteiger charge is 2.36. The van der Waals surface area contributed by atoms with E-state index in [1.54, 1.807) is 24.5 Å². The summed E-state index contributed by atoms with van der Waals surface area (Å²) < 4.78 is 46.5. The monoisotopic (exact) mass is 435 g/mol. The van der Waals surface area contributed by atoms with Crippen molar-refractivity contribution in [3.8, 4) is 0 Å². The molecule has 166 valence electrons. The molecule has 0 aliphatic carbocycles. The van der Waals surface area contributed by atoms with E-state index in [9.17, 15) is 18.0 Å². The van der Waals surface area contributed by atoms with Crippen molar-refractivity contribution in [2.45, 2.75) is 19.0 Å². The van der Waals surface area contributed by atoms with Crippen LogP contribution in [0.4, 0.5) is 30.5 Å². The first kappa shape index (κ1) is 21.4. The Kier molecular flexibility index (Phi) is 6.26. The number of carbonyl (C=O) groups is 1. The number of aromatic nitrogens is 2. The van der Waals surface area contributed by atoms with Crippen molar-refractivity contribution in [3.05, 3.63) is 42.2 Å². The number of ether oxygens (including phenoxy) is 1. The third-order valence-corrected chi connectivity index (χ3v) is 5.57. The van der Waals surface area contributed by atoms with Crippen LogP contribution in [-0.2, 0) is 15.7 Å². The van der Waals surface area contributed by atoms with Gasteiger partial charge in [-0.2, -0.15) is 13.2 Å². The van der Waals surface area contributed by atoms with E-state index < -0.39 is 23.6 Å².